The van der Waals surface area contributed by atoms with Crippen LogP contribution < -0.4 is 10.2 Å². The van der Waals surface area contributed by atoms with Crippen molar-refractivity contribution in [2.24, 2.45) is 0 Å². The zero-order valence-corrected chi connectivity index (χ0v) is 17.6. The van der Waals surface area contributed by atoms with Crippen molar-refractivity contribution in [3.8, 4) is 0 Å². The van der Waals surface area contributed by atoms with Crippen LogP contribution in [0.1, 0.15) is 32.9 Å². The number of nitrogens with one attached hydrogen (secondary N) is 1. The highest BCUT2D eigenvalue weighted by Gasteiger charge is 2.19. The van der Waals surface area contributed by atoms with Crippen molar-refractivity contribution >= 4 is 24.3 Å². The average molecular weight is 396 g/mol. The number of rotatable bonds is 11. The van der Waals surface area contributed by atoms with E-state index in [1.54, 1.807) is 44.9 Å². The Morgan fingerprint density at radius 3 is 2.64 bits per heavy atom. The third-order valence-electron chi connectivity index (χ3n) is 3.49. The van der Waals surface area contributed by atoms with E-state index in [1.165, 1.54) is 0 Å². The Balaban J connectivity index is 2.70. The number of hydrogen-bond acceptors (Lipinski definition) is 7. The number of ether oxygens (including phenoxy) is 3. The molecule has 0 aliphatic rings. The molecular formula is C19H32N4O5. The van der Waals surface area contributed by atoms with Crippen LogP contribution in [0.15, 0.2) is 12.3 Å². The number of aldehydes is 1. The summed E-state index contributed by atoms with van der Waals surface area (Å²) in [7, 11) is 5.43. The fourth-order valence-corrected chi connectivity index (χ4v) is 2.24. The van der Waals surface area contributed by atoms with Gasteiger partial charge in [0.25, 0.3) is 0 Å². The van der Waals surface area contributed by atoms with Gasteiger partial charge in [-0.3, -0.25) is 0 Å². The second-order valence-corrected chi connectivity index (χ2v) is 7.39. The highest BCUT2D eigenvalue weighted by atomic mass is 16.6. The molecule has 0 radical (unpaired) electrons. The van der Waals surface area contributed by atoms with E-state index in [0.717, 1.165) is 11.5 Å². The van der Waals surface area contributed by atoms with Crippen molar-refractivity contribution in [2.45, 2.75) is 45.4 Å². The van der Waals surface area contributed by atoms with Gasteiger partial charge in [-0.1, -0.05) is 0 Å². The monoisotopic (exact) mass is 396 g/mol. The fraction of sp³-hybridized carbons (Fsp3) is 0.632. The summed E-state index contributed by atoms with van der Waals surface area (Å²) < 4.78 is 17.2. The lowest BCUT2D eigenvalue weighted by Crippen LogP contribution is -2.40. The molecule has 1 aromatic heterocycles. The van der Waals surface area contributed by atoms with Gasteiger partial charge in [0.2, 0.25) is 0 Å². The quantitative estimate of drug-likeness (QED) is 0.347. The molecule has 0 aliphatic heterocycles. The number of methoxy groups -OCH3 is 1. The summed E-state index contributed by atoms with van der Waals surface area (Å²) in [6, 6.07) is 1.25. The molecule has 0 aromatic carbocycles. The first kappa shape index (κ1) is 23.5. The van der Waals surface area contributed by atoms with E-state index in [-0.39, 0.29) is 0 Å². The molecule has 1 atom stereocenters. The third kappa shape index (κ3) is 8.90. The molecule has 1 aromatic rings. The van der Waals surface area contributed by atoms with Crippen LogP contribution in [-0.2, 0) is 25.5 Å². The van der Waals surface area contributed by atoms with Gasteiger partial charge in [-0.05, 0) is 27.2 Å². The summed E-state index contributed by atoms with van der Waals surface area (Å²) in [5.74, 6) is 0.874. The predicted octanol–water partition coefficient (Wildman–Crippen LogP) is 2.07. The van der Waals surface area contributed by atoms with Crippen molar-refractivity contribution in [3.05, 3.63) is 18.0 Å². The number of anilines is 1. The molecule has 0 aliphatic carbocycles. The second-order valence-electron chi connectivity index (χ2n) is 7.39. The van der Waals surface area contributed by atoms with Gasteiger partial charge in [-0.25, -0.2) is 9.48 Å². The molecule has 0 saturated carbocycles. The van der Waals surface area contributed by atoms with Crippen LogP contribution in [0.5, 0.6) is 0 Å². The molecule has 9 nitrogen and oxygen atoms in total. The Kier molecular flexibility index (Phi) is 9.50. The van der Waals surface area contributed by atoms with E-state index in [2.05, 4.69) is 10.4 Å². The first-order valence-corrected chi connectivity index (χ1v) is 9.13. The smallest absolute Gasteiger partial charge is 0.408 e. The maximum Gasteiger partial charge on any atom is 0.408 e. The highest BCUT2D eigenvalue weighted by molar-refractivity contribution is 5.73. The molecule has 1 N–H and O–H groups in total. The van der Waals surface area contributed by atoms with Crippen LogP contribution in [0.3, 0.4) is 0 Å². The van der Waals surface area contributed by atoms with E-state index in [4.69, 9.17) is 14.2 Å². The van der Waals surface area contributed by atoms with Crippen LogP contribution in [-0.4, -0.2) is 68.2 Å². The lowest BCUT2D eigenvalue weighted by molar-refractivity contribution is -0.109. The molecule has 1 unspecified atom stereocenters. The van der Waals surface area contributed by atoms with Gasteiger partial charge in [0.05, 0.1) is 24.6 Å². The largest absolute Gasteiger partial charge is 0.499 e. The number of nitrogens with zero attached hydrogens (tertiary/aromatic N) is 3. The van der Waals surface area contributed by atoms with Crippen molar-refractivity contribution < 1.29 is 23.8 Å². The molecular weight excluding hydrogens is 364 g/mol. The van der Waals surface area contributed by atoms with Crippen LogP contribution in [0.2, 0.25) is 0 Å². The SMILES string of the molecule is COCCO/C=C/c1cc(N(C)C)n(CCC(C=O)NC(=O)OC(C)(C)C)n1. The maximum absolute atomic E-state index is 11.9. The summed E-state index contributed by atoms with van der Waals surface area (Å²) in [4.78, 5) is 25.1. The van der Waals surface area contributed by atoms with Gasteiger partial charge in [-0.15, -0.1) is 0 Å². The standard InChI is InChI=1S/C19H32N4O5/c1-19(2,3)28-18(25)20-16(14-24)7-9-23-17(22(4)5)13-15(21-23)8-10-27-12-11-26-6/h8,10,13-14,16H,7,9,11-12H2,1-6H3,(H,20,25)/b10-8+. The zero-order valence-electron chi connectivity index (χ0n) is 17.6. The third-order valence-corrected chi connectivity index (χ3v) is 3.49. The van der Waals surface area contributed by atoms with Crippen molar-refractivity contribution in [3.63, 3.8) is 0 Å². The molecule has 1 rings (SSSR count). The fourth-order valence-electron chi connectivity index (χ4n) is 2.24. The average Bonchev–Trinajstić information content (AvgIpc) is 3.00. The summed E-state index contributed by atoms with van der Waals surface area (Å²) in [5, 5.41) is 7.08. The normalized spacial score (nSPS) is 12.6. The Morgan fingerprint density at radius 2 is 2.07 bits per heavy atom. The Bertz CT molecular complexity index is 649. The van der Waals surface area contributed by atoms with Gasteiger partial charge in [-0.2, -0.15) is 5.10 Å². The van der Waals surface area contributed by atoms with Gasteiger partial charge in [0.15, 0.2) is 0 Å². The zero-order chi connectivity index (χ0) is 21.2. The van der Waals surface area contributed by atoms with Crippen LogP contribution in [0.4, 0.5) is 10.6 Å². The van der Waals surface area contributed by atoms with Crippen molar-refractivity contribution in [1.29, 1.82) is 0 Å². The minimum absolute atomic E-state index is 0.388. The molecule has 0 fully saturated rings. The van der Waals surface area contributed by atoms with Gasteiger partial charge >= 0.3 is 6.09 Å². The lowest BCUT2D eigenvalue weighted by atomic mass is 10.2. The second kappa shape index (κ2) is 11.3. The van der Waals surface area contributed by atoms with Gasteiger partial charge < -0.3 is 29.2 Å². The molecule has 9 heteroatoms. The Morgan fingerprint density at radius 1 is 1.36 bits per heavy atom. The molecule has 1 amide bonds. The number of carbonyl (C=O) groups is 2. The number of amides is 1. The molecule has 0 bridgehead atoms. The Hall–Kier alpha value is -2.55. The van der Waals surface area contributed by atoms with Crippen LogP contribution in [0, 0.1) is 0 Å². The number of hydrogen-bond donors (Lipinski definition) is 1. The summed E-state index contributed by atoms with van der Waals surface area (Å²) in [5.41, 5.74) is 0.105. The minimum Gasteiger partial charge on any atom is -0.499 e. The minimum atomic E-state index is -0.662. The highest BCUT2D eigenvalue weighted by Crippen LogP contribution is 2.16. The lowest BCUT2D eigenvalue weighted by Gasteiger charge is -2.22. The summed E-state index contributed by atoms with van der Waals surface area (Å²) in [6.45, 7) is 6.73. The van der Waals surface area contributed by atoms with Crippen LogP contribution >= 0.6 is 0 Å². The summed E-state index contributed by atoms with van der Waals surface area (Å²) in [6.07, 6.45) is 3.81. The topological polar surface area (TPSA) is 94.9 Å². The van der Waals surface area contributed by atoms with Crippen molar-refractivity contribution in [2.75, 3.05) is 39.3 Å². The predicted molar refractivity (Wildman–Crippen MR) is 107 cm³/mol. The van der Waals surface area contributed by atoms with E-state index < -0.39 is 17.7 Å². The molecule has 0 spiro atoms. The molecule has 28 heavy (non-hydrogen) atoms. The Labute approximate surface area is 166 Å². The van der Waals surface area contributed by atoms with Gasteiger partial charge in [0.1, 0.15) is 24.3 Å². The van der Waals surface area contributed by atoms with Crippen LogP contribution in [0.25, 0.3) is 6.08 Å². The number of aryl methyl sites for hydroxylation is 1. The van der Waals surface area contributed by atoms with Gasteiger partial charge in [0, 0.05) is 39.9 Å². The first-order valence-electron chi connectivity index (χ1n) is 9.13. The van der Waals surface area contributed by atoms with E-state index >= 15 is 0 Å². The maximum atomic E-state index is 11.9. The first-order chi connectivity index (χ1) is 13.2. The summed E-state index contributed by atoms with van der Waals surface area (Å²) >= 11 is 0. The molecule has 158 valence electrons. The molecule has 0 saturated heterocycles. The van der Waals surface area contributed by atoms with E-state index in [1.807, 2.05) is 25.1 Å². The van der Waals surface area contributed by atoms with E-state index in [0.29, 0.717) is 32.5 Å². The number of alkyl carbamates (subject to hydrolysis) is 1. The number of carbonyl (C=O) groups excluding carboxylic acids is 2. The molecule has 1 heterocycles. The van der Waals surface area contributed by atoms with Crippen molar-refractivity contribution in [1.82, 2.24) is 15.1 Å². The number of aromatic nitrogens is 2. The van der Waals surface area contributed by atoms with E-state index in [9.17, 15) is 9.59 Å².